The fourth-order valence-electron chi connectivity index (χ4n) is 2.41. The average Bonchev–Trinajstić information content (AvgIpc) is 2.37. The smallest absolute Gasteiger partial charge is 0.0984 e. The number of hydrogen-bond donors (Lipinski definition) is 2. The van der Waals surface area contributed by atoms with Crippen LogP contribution in [0.3, 0.4) is 0 Å². The number of rotatable bonds is 3. The van der Waals surface area contributed by atoms with Crippen molar-refractivity contribution in [3.05, 3.63) is 28.8 Å². The lowest BCUT2D eigenvalue weighted by Gasteiger charge is -2.37. The van der Waals surface area contributed by atoms with E-state index in [-0.39, 0.29) is 18.8 Å². The van der Waals surface area contributed by atoms with E-state index in [1.165, 1.54) is 0 Å². The first-order valence-corrected chi connectivity index (χ1v) is 6.87. The number of anilines is 1. The third-order valence-corrected chi connectivity index (χ3v) is 3.66. The predicted octanol–water partition coefficient (Wildman–Crippen LogP) is 1.98. The van der Waals surface area contributed by atoms with Crippen molar-refractivity contribution in [2.75, 3.05) is 24.6 Å². The predicted molar refractivity (Wildman–Crippen MR) is 75.7 cm³/mol. The lowest BCUT2D eigenvalue weighted by atomic mass is 10.1. The zero-order chi connectivity index (χ0) is 14.0. The third-order valence-electron chi connectivity index (χ3n) is 3.33. The van der Waals surface area contributed by atoms with Crippen LogP contribution in [0.2, 0.25) is 5.02 Å². The fraction of sp³-hybridized carbons (Fsp3) is 0.571. The number of aliphatic hydroxyl groups excluding tert-OH is 2. The van der Waals surface area contributed by atoms with E-state index in [0.717, 1.165) is 17.8 Å². The Labute approximate surface area is 118 Å². The largest absolute Gasteiger partial charge is 0.394 e. The minimum Gasteiger partial charge on any atom is -0.394 e. The van der Waals surface area contributed by atoms with Gasteiger partial charge in [-0.15, -0.1) is 0 Å². The summed E-state index contributed by atoms with van der Waals surface area (Å²) in [4.78, 5) is 2.15. The molecule has 1 aliphatic heterocycles. The maximum Gasteiger partial charge on any atom is 0.0984 e. The van der Waals surface area contributed by atoms with E-state index in [9.17, 15) is 10.2 Å². The Kier molecular flexibility index (Phi) is 4.68. The molecule has 3 atom stereocenters. The molecule has 19 heavy (non-hydrogen) atoms. The van der Waals surface area contributed by atoms with Crippen LogP contribution >= 0.6 is 11.6 Å². The lowest BCUT2D eigenvalue weighted by molar-refractivity contribution is -0.0421. The van der Waals surface area contributed by atoms with Gasteiger partial charge in [0, 0.05) is 23.8 Å². The number of hydrogen-bond acceptors (Lipinski definition) is 4. The molecule has 5 heteroatoms. The van der Waals surface area contributed by atoms with Crippen molar-refractivity contribution in [1.82, 2.24) is 0 Å². The number of nitrogens with zero attached hydrogens (tertiary/aromatic N) is 1. The fourth-order valence-corrected chi connectivity index (χ4v) is 2.74. The highest BCUT2D eigenvalue weighted by atomic mass is 35.5. The van der Waals surface area contributed by atoms with Gasteiger partial charge in [-0.1, -0.05) is 17.7 Å². The van der Waals surface area contributed by atoms with E-state index in [0.29, 0.717) is 11.6 Å². The summed E-state index contributed by atoms with van der Waals surface area (Å²) in [7, 11) is 0. The molecule has 106 valence electrons. The molecular formula is C14H20ClNO3. The van der Waals surface area contributed by atoms with Crippen molar-refractivity contribution >= 4 is 17.3 Å². The maximum absolute atomic E-state index is 9.58. The van der Waals surface area contributed by atoms with Crippen LogP contribution in [0.5, 0.6) is 0 Å². The zero-order valence-corrected chi connectivity index (χ0v) is 12.0. The molecule has 0 amide bonds. The Morgan fingerprint density at radius 3 is 2.79 bits per heavy atom. The monoisotopic (exact) mass is 285 g/mol. The van der Waals surface area contributed by atoms with Gasteiger partial charge >= 0.3 is 0 Å². The summed E-state index contributed by atoms with van der Waals surface area (Å²) >= 11 is 6.18. The second-order valence-corrected chi connectivity index (χ2v) is 5.45. The van der Waals surface area contributed by atoms with Crippen LogP contribution in [0, 0.1) is 0 Å². The second-order valence-electron chi connectivity index (χ2n) is 5.04. The number of ether oxygens (including phenoxy) is 1. The molecule has 1 aliphatic rings. The summed E-state index contributed by atoms with van der Waals surface area (Å²) in [6.07, 6.45) is -0.671. The minimum atomic E-state index is -0.574. The lowest BCUT2D eigenvalue weighted by Crippen LogP contribution is -2.48. The summed E-state index contributed by atoms with van der Waals surface area (Å²) in [6, 6.07) is 5.65. The molecule has 0 aromatic heterocycles. The maximum atomic E-state index is 9.58. The summed E-state index contributed by atoms with van der Waals surface area (Å²) in [5.41, 5.74) is 1.72. The average molecular weight is 286 g/mol. The van der Waals surface area contributed by atoms with E-state index < -0.39 is 6.10 Å². The van der Waals surface area contributed by atoms with Crippen LogP contribution in [0.1, 0.15) is 25.5 Å². The first-order chi connectivity index (χ1) is 9.01. The van der Waals surface area contributed by atoms with Gasteiger partial charge in [-0.2, -0.15) is 0 Å². The van der Waals surface area contributed by atoms with Crippen LogP contribution in [0.4, 0.5) is 5.69 Å². The third kappa shape index (κ3) is 3.39. The second kappa shape index (κ2) is 6.09. The Morgan fingerprint density at radius 2 is 2.21 bits per heavy atom. The Bertz CT molecular complexity index is 439. The number of benzene rings is 1. The quantitative estimate of drug-likeness (QED) is 0.892. The zero-order valence-electron chi connectivity index (χ0n) is 11.2. The van der Waals surface area contributed by atoms with Gasteiger partial charge in [0.15, 0.2) is 0 Å². The molecule has 0 saturated carbocycles. The van der Waals surface area contributed by atoms with E-state index in [2.05, 4.69) is 4.90 Å². The van der Waals surface area contributed by atoms with Crippen molar-refractivity contribution in [2.24, 2.45) is 0 Å². The number of aliphatic hydroxyl groups is 2. The van der Waals surface area contributed by atoms with Gasteiger partial charge < -0.3 is 19.8 Å². The van der Waals surface area contributed by atoms with Gasteiger partial charge in [-0.3, -0.25) is 0 Å². The Hall–Kier alpha value is -0.810. The standard InChI is InChI=1S/C14H20ClNO3/c1-9-6-16(7-12(8-17)19-9)11-3-4-13(10(2)18)14(15)5-11/h3-5,9-10,12,17-18H,6-8H2,1-2H3. The molecule has 3 unspecified atom stereocenters. The summed E-state index contributed by atoms with van der Waals surface area (Å²) in [5.74, 6) is 0. The SMILES string of the molecule is CC1CN(c2ccc(C(C)O)c(Cl)c2)CC(CO)O1. The molecule has 0 bridgehead atoms. The molecule has 1 aromatic carbocycles. The Morgan fingerprint density at radius 1 is 1.47 bits per heavy atom. The van der Waals surface area contributed by atoms with Gasteiger partial charge in [-0.25, -0.2) is 0 Å². The van der Waals surface area contributed by atoms with Crippen LogP contribution < -0.4 is 4.90 Å². The molecule has 4 nitrogen and oxygen atoms in total. The highest BCUT2D eigenvalue weighted by molar-refractivity contribution is 6.31. The van der Waals surface area contributed by atoms with Crippen LogP contribution in [-0.2, 0) is 4.74 Å². The first kappa shape index (κ1) is 14.6. The molecule has 2 N–H and O–H groups in total. The molecule has 1 aromatic rings. The van der Waals surface area contributed by atoms with Crippen molar-refractivity contribution in [3.8, 4) is 0 Å². The minimum absolute atomic E-state index is 0.0142. The molecule has 0 spiro atoms. The molecule has 1 fully saturated rings. The molecule has 0 radical (unpaired) electrons. The summed E-state index contributed by atoms with van der Waals surface area (Å²) in [5, 5.41) is 19.4. The van der Waals surface area contributed by atoms with Crippen molar-refractivity contribution in [1.29, 1.82) is 0 Å². The van der Waals surface area contributed by atoms with Gasteiger partial charge in [0.25, 0.3) is 0 Å². The molecule has 1 heterocycles. The highest BCUT2D eigenvalue weighted by Crippen LogP contribution is 2.29. The van der Waals surface area contributed by atoms with E-state index >= 15 is 0 Å². The molecular weight excluding hydrogens is 266 g/mol. The Balaban J connectivity index is 2.19. The van der Waals surface area contributed by atoms with E-state index in [1.807, 2.05) is 25.1 Å². The number of halogens is 1. The van der Waals surface area contributed by atoms with Gasteiger partial charge in [0.1, 0.15) is 0 Å². The number of morpholine rings is 1. The van der Waals surface area contributed by atoms with Crippen LogP contribution in [-0.4, -0.2) is 42.1 Å². The first-order valence-electron chi connectivity index (χ1n) is 6.50. The summed E-state index contributed by atoms with van der Waals surface area (Å²) in [6.45, 7) is 5.10. The highest BCUT2D eigenvalue weighted by Gasteiger charge is 2.25. The topological polar surface area (TPSA) is 52.9 Å². The van der Waals surface area contributed by atoms with Crippen LogP contribution in [0.15, 0.2) is 18.2 Å². The van der Waals surface area contributed by atoms with Crippen LogP contribution in [0.25, 0.3) is 0 Å². The van der Waals surface area contributed by atoms with Gasteiger partial charge in [0.2, 0.25) is 0 Å². The molecule has 1 saturated heterocycles. The van der Waals surface area contributed by atoms with E-state index in [1.54, 1.807) is 6.92 Å². The van der Waals surface area contributed by atoms with Gasteiger partial charge in [0.05, 0.1) is 24.9 Å². The van der Waals surface area contributed by atoms with E-state index in [4.69, 9.17) is 16.3 Å². The van der Waals surface area contributed by atoms with Gasteiger partial charge in [-0.05, 0) is 31.5 Å². The molecule has 0 aliphatic carbocycles. The van der Waals surface area contributed by atoms with Crippen molar-refractivity contribution in [2.45, 2.75) is 32.2 Å². The normalized spacial score (nSPS) is 25.4. The van der Waals surface area contributed by atoms with Crippen molar-refractivity contribution in [3.63, 3.8) is 0 Å². The van der Waals surface area contributed by atoms with Crippen molar-refractivity contribution < 1.29 is 14.9 Å². The molecule has 2 rings (SSSR count). The summed E-state index contributed by atoms with van der Waals surface area (Å²) < 4.78 is 5.61.